The van der Waals surface area contributed by atoms with Gasteiger partial charge >= 0.3 is 33.9 Å². The van der Waals surface area contributed by atoms with Gasteiger partial charge in [0.2, 0.25) is 0 Å². The van der Waals surface area contributed by atoms with Gasteiger partial charge in [-0.15, -0.1) is 0 Å². The van der Waals surface area contributed by atoms with Crippen LogP contribution in [0.25, 0.3) is 11.1 Å². The second kappa shape index (κ2) is 12.3. The predicted molar refractivity (Wildman–Crippen MR) is 130 cm³/mol. The van der Waals surface area contributed by atoms with Gasteiger partial charge in [-0.2, -0.15) is 34.8 Å². The van der Waals surface area contributed by atoms with Crippen LogP contribution >= 0.6 is 0 Å². The average Bonchev–Trinajstić information content (AvgIpc) is 2.76. The maximum atomic E-state index is 16.1. The van der Waals surface area contributed by atoms with Crippen LogP contribution in [-0.4, -0.2) is 38.2 Å². The Hall–Kier alpha value is -3.63. The number of nitrogens with one attached hydrogen (secondary N) is 1. The van der Waals surface area contributed by atoms with E-state index in [0.29, 0.717) is 6.07 Å². The number of aryl methyl sites for hydroxylation is 1. The van der Waals surface area contributed by atoms with E-state index in [1.165, 1.54) is 27.7 Å². The minimum Gasteiger partial charge on any atom is -0.466 e. The van der Waals surface area contributed by atoms with Gasteiger partial charge in [0.25, 0.3) is 0 Å². The zero-order valence-electron chi connectivity index (χ0n) is 22.6. The number of carbonyl (C=O) groups is 2. The van der Waals surface area contributed by atoms with Gasteiger partial charge in [0.05, 0.1) is 24.6 Å². The third-order valence-electron chi connectivity index (χ3n) is 5.19. The lowest BCUT2D eigenvalue weighted by Crippen LogP contribution is -2.36. The van der Waals surface area contributed by atoms with E-state index in [0.717, 1.165) is 6.92 Å². The summed E-state index contributed by atoms with van der Waals surface area (Å²) in [5, 5.41) is 2.07. The Morgan fingerprint density at radius 1 is 0.976 bits per heavy atom. The number of benzene rings is 2. The van der Waals surface area contributed by atoms with Gasteiger partial charge in [-0.05, 0) is 58.4 Å². The van der Waals surface area contributed by atoms with Crippen molar-refractivity contribution < 1.29 is 66.8 Å². The lowest BCUT2D eigenvalue weighted by Gasteiger charge is -2.25. The molecule has 0 saturated carbocycles. The molecule has 0 heterocycles. The number of hydrogen-bond donors (Lipinski definition) is 1. The van der Waals surface area contributed by atoms with Crippen LogP contribution in [0.2, 0.25) is 0 Å². The second-order valence-corrected chi connectivity index (χ2v) is 11.2. The van der Waals surface area contributed by atoms with Crippen molar-refractivity contribution in [3.63, 3.8) is 0 Å². The Morgan fingerprint density at radius 2 is 1.57 bits per heavy atom. The molecule has 2 aromatic rings. The zero-order valence-corrected chi connectivity index (χ0v) is 23.4. The molecule has 1 atom stereocenters. The summed E-state index contributed by atoms with van der Waals surface area (Å²) in [5.41, 5.74) is -12.5. The Kier molecular flexibility index (Phi) is 10.1. The Morgan fingerprint density at radius 3 is 2.07 bits per heavy atom. The van der Waals surface area contributed by atoms with E-state index in [-0.39, 0.29) is 24.8 Å². The van der Waals surface area contributed by atoms with Crippen molar-refractivity contribution in [3.8, 4) is 16.9 Å². The van der Waals surface area contributed by atoms with Crippen LogP contribution in [-0.2, 0) is 30.6 Å². The normalized spacial score (nSPS) is 13.4. The molecule has 2 rings (SSSR count). The molecule has 2 aromatic carbocycles. The highest BCUT2D eigenvalue weighted by molar-refractivity contribution is 7.88. The van der Waals surface area contributed by atoms with E-state index in [1.807, 2.05) is 0 Å². The highest BCUT2D eigenvalue weighted by Crippen LogP contribution is 2.43. The highest BCUT2D eigenvalue weighted by atomic mass is 32.2. The van der Waals surface area contributed by atoms with Gasteiger partial charge in [-0.3, -0.25) is 4.79 Å². The number of rotatable bonds is 8. The summed E-state index contributed by atoms with van der Waals surface area (Å²) >= 11 is 0. The minimum absolute atomic E-state index is 0.111. The number of alkyl halides is 6. The van der Waals surface area contributed by atoms with E-state index >= 15 is 4.39 Å². The summed E-state index contributed by atoms with van der Waals surface area (Å²) in [6.07, 6.45) is -7.46. The Balaban J connectivity index is 2.92. The smallest absolute Gasteiger partial charge is 0.466 e. The summed E-state index contributed by atoms with van der Waals surface area (Å²) in [6.45, 7) is 6.44. The van der Waals surface area contributed by atoms with Crippen LogP contribution in [0, 0.1) is 18.6 Å². The average molecular weight is 636 g/mol. The molecular weight excluding hydrogens is 610 g/mol. The number of esters is 1. The molecule has 0 radical (unpaired) electrons. The van der Waals surface area contributed by atoms with E-state index in [1.54, 1.807) is 0 Å². The standard InChI is InChI=1S/C25H25F8NO7S/c1-6-39-19(35)11-17(34-22(36)40-23(3,4)5)15-8-13(24(28,29)30)9-16(21(15)27)20-12(2)7-14(26)10-18(20)41-42(37,38)25(31,32)33/h7-10,17H,6,11H2,1-5H3,(H,34,36)/t17-/m0/s1. The molecule has 0 aliphatic rings. The highest BCUT2D eigenvalue weighted by Gasteiger charge is 2.49. The van der Waals surface area contributed by atoms with Crippen molar-refractivity contribution in [2.45, 2.75) is 64.4 Å². The molecule has 8 nitrogen and oxygen atoms in total. The largest absolute Gasteiger partial charge is 0.534 e. The van der Waals surface area contributed by atoms with Crippen LogP contribution in [0.4, 0.5) is 39.9 Å². The predicted octanol–water partition coefficient (Wildman–Crippen LogP) is 6.71. The Labute approximate surface area is 235 Å². The molecule has 0 saturated heterocycles. The first-order chi connectivity index (χ1) is 19.0. The molecule has 0 aliphatic carbocycles. The van der Waals surface area contributed by atoms with Crippen LogP contribution < -0.4 is 9.50 Å². The fourth-order valence-electron chi connectivity index (χ4n) is 3.61. The zero-order chi connectivity index (χ0) is 32.4. The number of hydrogen-bond acceptors (Lipinski definition) is 7. The van der Waals surface area contributed by atoms with Crippen molar-refractivity contribution in [2.24, 2.45) is 0 Å². The molecule has 1 amide bonds. The third-order valence-corrected chi connectivity index (χ3v) is 6.15. The summed E-state index contributed by atoms with van der Waals surface area (Å²) in [4.78, 5) is 24.7. The summed E-state index contributed by atoms with van der Waals surface area (Å²) in [6, 6.07) is -0.854. The van der Waals surface area contributed by atoms with E-state index < -0.39 is 97.1 Å². The SMILES string of the molecule is CCOC(=O)C[C@H](NC(=O)OC(C)(C)C)c1cc(C(F)(F)F)cc(-c2c(C)cc(F)cc2OS(=O)(=O)C(F)(F)F)c1F. The van der Waals surface area contributed by atoms with Crippen LogP contribution in [0.5, 0.6) is 5.75 Å². The van der Waals surface area contributed by atoms with Crippen LogP contribution in [0.15, 0.2) is 24.3 Å². The molecule has 42 heavy (non-hydrogen) atoms. The number of ether oxygens (including phenoxy) is 2. The first-order valence-electron chi connectivity index (χ1n) is 11.8. The van der Waals surface area contributed by atoms with Gasteiger partial charge in [0.15, 0.2) is 5.75 Å². The fraction of sp³-hybridized carbons (Fsp3) is 0.440. The maximum Gasteiger partial charge on any atom is 0.534 e. The van der Waals surface area contributed by atoms with Gasteiger partial charge < -0.3 is 19.0 Å². The molecular formula is C25H25F8NO7S. The topological polar surface area (TPSA) is 108 Å². The molecule has 234 valence electrons. The number of alkyl carbamates (subject to hydrolysis) is 1. The number of halogens is 8. The molecule has 0 unspecified atom stereocenters. The molecule has 0 spiro atoms. The minimum atomic E-state index is -6.49. The lowest BCUT2D eigenvalue weighted by atomic mass is 9.91. The van der Waals surface area contributed by atoms with Gasteiger partial charge in [-0.25, -0.2) is 13.6 Å². The monoisotopic (exact) mass is 635 g/mol. The molecule has 0 bridgehead atoms. The summed E-state index contributed by atoms with van der Waals surface area (Å²) < 4.78 is 148. The quantitative estimate of drug-likeness (QED) is 0.149. The molecule has 0 aromatic heterocycles. The van der Waals surface area contributed by atoms with E-state index in [9.17, 15) is 48.7 Å². The Bertz CT molecular complexity index is 1450. The number of amides is 1. The van der Waals surface area contributed by atoms with E-state index in [4.69, 9.17) is 9.47 Å². The van der Waals surface area contributed by atoms with Crippen LogP contribution in [0.3, 0.4) is 0 Å². The van der Waals surface area contributed by atoms with Gasteiger partial charge in [-0.1, -0.05) is 0 Å². The van der Waals surface area contributed by atoms with Crippen molar-refractivity contribution in [2.75, 3.05) is 6.61 Å². The van der Waals surface area contributed by atoms with Crippen LogP contribution in [0.1, 0.15) is 56.8 Å². The lowest BCUT2D eigenvalue weighted by molar-refractivity contribution is -0.143. The van der Waals surface area contributed by atoms with Gasteiger partial charge in [0.1, 0.15) is 17.2 Å². The molecule has 0 fully saturated rings. The maximum absolute atomic E-state index is 16.1. The van der Waals surface area contributed by atoms with Crippen molar-refractivity contribution >= 4 is 22.2 Å². The summed E-state index contributed by atoms with van der Waals surface area (Å²) in [5.74, 6) is -5.56. The fourth-order valence-corrected chi connectivity index (χ4v) is 4.07. The first-order valence-corrected chi connectivity index (χ1v) is 13.2. The number of carbonyl (C=O) groups excluding carboxylic acids is 2. The van der Waals surface area contributed by atoms with E-state index in [2.05, 4.69) is 9.50 Å². The third kappa shape index (κ3) is 8.69. The van der Waals surface area contributed by atoms with Crippen molar-refractivity contribution in [1.82, 2.24) is 5.32 Å². The second-order valence-electron chi connectivity index (χ2n) is 9.71. The first kappa shape index (κ1) is 34.6. The molecule has 1 N–H and O–H groups in total. The summed E-state index contributed by atoms with van der Waals surface area (Å²) in [7, 11) is -6.49. The molecule has 17 heteroatoms. The van der Waals surface area contributed by atoms with Gasteiger partial charge in [0, 0.05) is 22.8 Å². The van der Waals surface area contributed by atoms with Crippen molar-refractivity contribution in [1.29, 1.82) is 0 Å². The molecule has 0 aliphatic heterocycles. The van der Waals surface area contributed by atoms with Crippen molar-refractivity contribution in [3.05, 3.63) is 52.6 Å².